The fraction of sp³-hybridized carbons (Fsp3) is 0.471. The van der Waals surface area contributed by atoms with Crippen molar-refractivity contribution in [3.05, 3.63) is 41.6 Å². The van der Waals surface area contributed by atoms with E-state index in [1.165, 1.54) is 37.1 Å². The highest BCUT2D eigenvalue weighted by molar-refractivity contribution is 5.82. The molecule has 1 aromatic heterocycles. The lowest BCUT2D eigenvalue weighted by Gasteiger charge is -2.18. The monoisotopic (exact) mass is 267 g/mol. The maximum absolute atomic E-state index is 4.64. The zero-order valence-electron chi connectivity index (χ0n) is 12.0. The van der Waals surface area contributed by atoms with Crippen molar-refractivity contribution >= 4 is 10.9 Å². The number of benzene rings is 1. The average molecular weight is 267 g/mol. The quantitative estimate of drug-likeness (QED) is 0.904. The van der Waals surface area contributed by atoms with Crippen LogP contribution < -0.4 is 5.32 Å². The number of para-hydroxylation sites is 1. The number of nitrogens with zero attached hydrogens (tertiary/aromatic N) is 2. The molecular formula is C17H21N3. The summed E-state index contributed by atoms with van der Waals surface area (Å²) in [5.74, 6) is 1.73. The van der Waals surface area contributed by atoms with Gasteiger partial charge in [-0.2, -0.15) is 0 Å². The summed E-state index contributed by atoms with van der Waals surface area (Å²) in [6.45, 7) is 8.06. The largest absolute Gasteiger partial charge is 0.316 e. The SMILES string of the molecule is Cc1cc(CN2CC3CNCC3C2)c2ccccc2n1. The van der Waals surface area contributed by atoms with Crippen LogP contribution in [0.1, 0.15) is 11.3 Å². The van der Waals surface area contributed by atoms with Crippen LogP contribution in [0.15, 0.2) is 30.3 Å². The summed E-state index contributed by atoms with van der Waals surface area (Å²) in [6.07, 6.45) is 0. The Hall–Kier alpha value is -1.45. The number of likely N-dealkylation sites (tertiary alicyclic amines) is 1. The molecule has 1 aromatic carbocycles. The molecule has 0 spiro atoms. The number of pyridine rings is 1. The average Bonchev–Trinajstić information content (AvgIpc) is 2.99. The minimum atomic E-state index is 0.865. The Labute approximate surface area is 120 Å². The zero-order valence-corrected chi connectivity index (χ0v) is 12.0. The Kier molecular flexibility index (Phi) is 2.97. The molecule has 2 aromatic rings. The third-order valence-corrected chi connectivity index (χ3v) is 4.79. The number of hydrogen-bond donors (Lipinski definition) is 1. The highest BCUT2D eigenvalue weighted by Crippen LogP contribution is 2.29. The van der Waals surface area contributed by atoms with Crippen molar-refractivity contribution in [2.45, 2.75) is 13.5 Å². The van der Waals surface area contributed by atoms with Gasteiger partial charge in [0.25, 0.3) is 0 Å². The van der Waals surface area contributed by atoms with Gasteiger partial charge in [-0.15, -0.1) is 0 Å². The van der Waals surface area contributed by atoms with Crippen LogP contribution in [0.3, 0.4) is 0 Å². The van der Waals surface area contributed by atoms with Crippen molar-refractivity contribution < 1.29 is 0 Å². The first kappa shape index (κ1) is 12.3. The fourth-order valence-corrected chi connectivity index (χ4v) is 3.85. The van der Waals surface area contributed by atoms with E-state index in [0.29, 0.717) is 0 Å². The maximum Gasteiger partial charge on any atom is 0.0708 e. The van der Waals surface area contributed by atoms with Gasteiger partial charge in [-0.3, -0.25) is 9.88 Å². The van der Waals surface area contributed by atoms with Crippen LogP contribution in [0, 0.1) is 18.8 Å². The predicted molar refractivity (Wildman–Crippen MR) is 81.6 cm³/mol. The molecule has 0 radical (unpaired) electrons. The summed E-state index contributed by atoms with van der Waals surface area (Å²) in [7, 11) is 0. The second-order valence-electron chi connectivity index (χ2n) is 6.31. The van der Waals surface area contributed by atoms with Gasteiger partial charge in [0.05, 0.1) is 5.52 Å². The number of aromatic nitrogens is 1. The summed E-state index contributed by atoms with van der Waals surface area (Å²) >= 11 is 0. The Bertz CT molecular complexity index is 625. The molecule has 3 heteroatoms. The van der Waals surface area contributed by atoms with E-state index < -0.39 is 0 Å². The predicted octanol–water partition coefficient (Wildman–Crippen LogP) is 2.19. The molecular weight excluding hydrogens is 246 g/mol. The van der Waals surface area contributed by atoms with Crippen LogP contribution in [0.5, 0.6) is 0 Å². The van der Waals surface area contributed by atoms with E-state index in [-0.39, 0.29) is 0 Å². The first-order chi connectivity index (χ1) is 9.79. The molecule has 0 bridgehead atoms. The van der Waals surface area contributed by atoms with Gasteiger partial charge in [-0.05, 0) is 49.5 Å². The molecule has 4 rings (SSSR count). The van der Waals surface area contributed by atoms with Gasteiger partial charge in [-0.1, -0.05) is 18.2 Å². The highest BCUT2D eigenvalue weighted by Gasteiger charge is 2.35. The molecule has 0 saturated carbocycles. The standard InChI is InChI=1S/C17H21N3/c1-12-6-13(16-4-2-3-5-17(16)19-12)9-20-10-14-7-18-8-15(14)11-20/h2-6,14-15,18H,7-11H2,1H3. The van der Waals surface area contributed by atoms with Crippen LogP contribution in [0.4, 0.5) is 0 Å². The highest BCUT2D eigenvalue weighted by atomic mass is 15.2. The number of fused-ring (bicyclic) bond motifs is 2. The molecule has 2 saturated heterocycles. The number of hydrogen-bond acceptors (Lipinski definition) is 3. The third kappa shape index (κ3) is 2.11. The second-order valence-corrected chi connectivity index (χ2v) is 6.31. The van der Waals surface area contributed by atoms with E-state index in [1.54, 1.807) is 0 Å². The molecule has 0 amide bonds. The van der Waals surface area contributed by atoms with Crippen molar-refractivity contribution in [2.75, 3.05) is 26.2 Å². The molecule has 0 aliphatic carbocycles. The molecule has 2 unspecified atom stereocenters. The van der Waals surface area contributed by atoms with E-state index in [1.807, 2.05) is 0 Å². The van der Waals surface area contributed by atoms with Crippen LogP contribution in [-0.4, -0.2) is 36.1 Å². The smallest absolute Gasteiger partial charge is 0.0708 e. The minimum Gasteiger partial charge on any atom is -0.316 e. The first-order valence-corrected chi connectivity index (χ1v) is 7.58. The Morgan fingerprint density at radius 2 is 1.95 bits per heavy atom. The summed E-state index contributed by atoms with van der Waals surface area (Å²) < 4.78 is 0. The van der Waals surface area contributed by atoms with E-state index in [2.05, 4.69) is 52.5 Å². The Balaban J connectivity index is 1.62. The van der Waals surface area contributed by atoms with E-state index in [9.17, 15) is 0 Å². The van der Waals surface area contributed by atoms with Crippen LogP contribution >= 0.6 is 0 Å². The number of nitrogens with one attached hydrogen (secondary N) is 1. The van der Waals surface area contributed by atoms with Crippen LogP contribution in [0.25, 0.3) is 10.9 Å². The first-order valence-electron chi connectivity index (χ1n) is 7.58. The molecule has 2 aliphatic rings. The second kappa shape index (κ2) is 4.83. The van der Waals surface area contributed by atoms with Gasteiger partial charge < -0.3 is 5.32 Å². The van der Waals surface area contributed by atoms with E-state index >= 15 is 0 Å². The van der Waals surface area contributed by atoms with Crippen molar-refractivity contribution in [3.63, 3.8) is 0 Å². The number of aryl methyl sites for hydroxylation is 1. The maximum atomic E-state index is 4.64. The minimum absolute atomic E-state index is 0.865. The molecule has 2 fully saturated rings. The normalized spacial score (nSPS) is 26.2. The lowest BCUT2D eigenvalue weighted by atomic mass is 10.0. The molecule has 104 valence electrons. The molecule has 2 aliphatic heterocycles. The van der Waals surface area contributed by atoms with Crippen molar-refractivity contribution in [1.82, 2.24) is 15.2 Å². The van der Waals surface area contributed by atoms with Crippen LogP contribution in [0.2, 0.25) is 0 Å². The van der Waals surface area contributed by atoms with Crippen LogP contribution in [-0.2, 0) is 6.54 Å². The summed E-state index contributed by atoms with van der Waals surface area (Å²) in [4.78, 5) is 7.26. The Morgan fingerprint density at radius 1 is 1.20 bits per heavy atom. The fourth-order valence-electron chi connectivity index (χ4n) is 3.85. The van der Waals surface area contributed by atoms with Gasteiger partial charge in [0, 0.05) is 30.7 Å². The van der Waals surface area contributed by atoms with Gasteiger partial charge in [0.15, 0.2) is 0 Å². The van der Waals surface area contributed by atoms with E-state index in [4.69, 9.17) is 0 Å². The van der Waals surface area contributed by atoms with E-state index in [0.717, 1.165) is 29.6 Å². The summed E-state index contributed by atoms with van der Waals surface area (Å²) in [5, 5.41) is 4.82. The van der Waals surface area contributed by atoms with Gasteiger partial charge in [0.1, 0.15) is 0 Å². The molecule has 20 heavy (non-hydrogen) atoms. The topological polar surface area (TPSA) is 28.2 Å². The van der Waals surface area contributed by atoms with Crippen molar-refractivity contribution in [2.24, 2.45) is 11.8 Å². The Morgan fingerprint density at radius 3 is 2.75 bits per heavy atom. The number of rotatable bonds is 2. The molecule has 3 heterocycles. The van der Waals surface area contributed by atoms with Gasteiger partial charge in [-0.25, -0.2) is 0 Å². The van der Waals surface area contributed by atoms with Gasteiger partial charge in [0.2, 0.25) is 0 Å². The molecule has 2 atom stereocenters. The molecule has 3 nitrogen and oxygen atoms in total. The third-order valence-electron chi connectivity index (χ3n) is 4.79. The summed E-state index contributed by atoms with van der Waals surface area (Å²) in [6, 6.07) is 10.8. The lowest BCUT2D eigenvalue weighted by Crippen LogP contribution is -2.25. The zero-order chi connectivity index (χ0) is 13.5. The lowest BCUT2D eigenvalue weighted by molar-refractivity contribution is 0.306. The van der Waals surface area contributed by atoms with Crippen molar-refractivity contribution in [1.29, 1.82) is 0 Å². The van der Waals surface area contributed by atoms with Gasteiger partial charge >= 0.3 is 0 Å². The van der Waals surface area contributed by atoms with Crippen molar-refractivity contribution in [3.8, 4) is 0 Å². The molecule has 1 N–H and O–H groups in total. The summed E-state index contributed by atoms with van der Waals surface area (Å²) in [5.41, 5.74) is 3.68.